The zero-order valence-corrected chi connectivity index (χ0v) is 12.9. The maximum absolute atomic E-state index is 11.8. The van der Waals surface area contributed by atoms with Crippen LogP contribution in [0.5, 0.6) is 5.75 Å². The summed E-state index contributed by atoms with van der Waals surface area (Å²) < 4.78 is 5.54. The number of halogens is 1. The number of hydrogen-bond donors (Lipinski definition) is 2. The summed E-state index contributed by atoms with van der Waals surface area (Å²) in [6.45, 7) is 3.97. The minimum atomic E-state index is -0.823. The zero-order valence-electron chi connectivity index (χ0n) is 12.2. The van der Waals surface area contributed by atoms with Crippen LogP contribution in [0.25, 0.3) is 0 Å². The number of aryl methyl sites for hydroxylation is 1. The predicted molar refractivity (Wildman–Crippen MR) is 80.8 cm³/mol. The molecule has 0 aliphatic rings. The smallest absolute Gasteiger partial charge is 0.303 e. The molecule has 0 aromatic heterocycles. The topological polar surface area (TPSA) is 75.6 Å². The van der Waals surface area contributed by atoms with Crippen molar-refractivity contribution in [1.29, 1.82) is 0 Å². The van der Waals surface area contributed by atoms with Crippen LogP contribution in [-0.2, 0) is 9.59 Å². The monoisotopic (exact) mass is 313 g/mol. The van der Waals surface area contributed by atoms with Gasteiger partial charge in [0.1, 0.15) is 5.75 Å². The number of rotatable bonds is 8. The van der Waals surface area contributed by atoms with Crippen molar-refractivity contribution in [3.8, 4) is 5.75 Å². The summed E-state index contributed by atoms with van der Waals surface area (Å²) in [5.74, 6) is -0.459. The molecule has 116 valence electrons. The molecule has 1 unspecified atom stereocenters. The number of nitrogens with one attached hydrogen (secondary N) is 1. The Morgan fingerprint density at radius 2 is 2.10 bits per heavy atom. The van der Waals surface area contributed by atoms with Gasteiger partial charge in [0.15, 0.2) is 6.10 Å². The van der Waals surface area contributed by atoms with Crippen LogP contribution >= 0.6 is 11.6 Å². The number of carbonyl (C=O) groups is 2. The fourth-order valence-corrected chi connectivity index (χ4v) is 1.82. The van der Waals surface area contributed by atoms with E-state index in [0.717, 1.165) is 5.56 Å². The van der Waals surface area contributed by atoms with Gasteiger partial charge in [0, 0.05) is 18.0 Å². The highest BCUT2D eigenvalue weighted by Gasteiger charge is 2.14. The van der Waals surface area contributed by atoms with Gasteiger partial charge in [-0.15, -0.1) is 0 Å². The number of unbranched alkanes of at least 4 members (excludes halogenated alkanes) is 1. The van der Waals surface area contributed by atoms with Gasteiger partial charge in [-0.05, 0) is 50.5 Å². The molecular formula is C15H20ClNO4. The Morgan fingerprint density at radius 1 is 1.38 bits per heavy atom. The summed E-state index contributed by atoms with van der Waals surface area (Å²) in [6.07, 6.45) is 0.669. The molecule has 1 rings (SSSR count). The molecule has 0 bridgehead atoms. The molecule has 0 fully saturated rings. The van der Waals surface area contributed by atoms with E-state index in [1.807, 2.05) is 6.92 Å². The Morgan fingerprint density at radius 3 is 2.71 bits per heavy atom. The Balaban J connectivity index is 2.33. The van der Waals surface area contributed by atoms with Gasteiger partial charge in [0.05, 0.1) is 0 Å². The fourth-order valence-electron chi connectivity index (χ4n) is 1.70. The van der Waals surface area contributed by atoms with E-state index < -0.39 is 12.1 Å². The lowest BCUT2D eigenvalue weighted by atomic mass is 10.2. The van der Waals surface area contributed by atoms with Gasteiger partial charge in [0.25, 0.3) is 5.91 Å². The first kappa shape index (κ1) is 17.3. The quantitative estimate of drug-likeness (QED) is 0.724. The maximum atomic E-state index is 11.8. The van der Waals surface area contributed by atoms with Crippen molar-refractivity contribution >= 4 is 23.5 Å². The van der Waals surface area contributed by atoms with Crippen LogP contribution < -0.4 is 10.1 Å². The van der Waals surface area contributed by atoms with Crippen LogP contribution in [0.4, 0.5) is 0 Å². The average Bonchev–Trinajstić information content (AvgIpc) is 2.42. The summed E-state index contributed by atoms with van der Waals surface area (Å²) in [5.41, 5.74) is 0.885. The van der Waals surface area contributed by atoms with Gasteiger partial charge in [0.2, 0.25) is 0 Å². The van der Waals surface area contributed by atoms with E-state index in [0.29, 0.717) is 30.2 Å². The standard InChI is InChI=1S/C15H20ClNO4/c1-10-9-12(6-7-13(10)16)21-11(2)15(20)17-8-4-3-5-14(18)19/h6-7,9,11H,3-5,8H2,1-2H3,(H,17,20)(H,18,19). The highest BCUT2D eigenvalue weighted by molar-refractivity contribution is 6.31. The maximum Gasteiger partial charge on any atom is 0.303 e. The fraction of sp³-hybridized carbons (Fsp3) is 0.467. The van der Waals surface area contributed by atoms with Gasteiger partial charge >= 0.3 is 5.97 Å². The van der Waals surface area contributed by atoms with Crippen LogP contribution in [-0.4, -0.2) is 29.6 Å². The molecule has 0 heterocycles. The number of amides is 1. The Labute approximate surface area is 129 Å². The zero-order chi connectivity index (χ0) is 15.8. The van der Waals surface area contributed by atoms with Crippen LogP contribution in [0.1, 0.15) is 31.7 Å². The van der Waals surface area contributed by atoms with E-state index in [1.54, 1.807) is 25.1 Å². The Kier molecular flexibility index (Phi) is 7.02. The number of carbonyl (C=O) groups excluding carboxylic acids is 1. The van der Waals surface area contributed by atoms with Crippen LogP contribution in [0.15, 0.2) is 18.2 Å². The third kappa shape index (κ3) is 6.49. The highest BCUT2D eigenvalue weighted by atomic mass is 35.5. The van der Waals surface area contributed by atoms with Crippen molar-refractivity contribution in [3.63, 3.8) is 0 Å². The Bertz CT molecular complexity index is 504. The molecule has 0 aliphatic carbocycles. The highest BCUT2D eigenvalue weighted by Crippen LogP contribution is 2.21. The van der Waals surface area contributed by atoms with E-state index in [9.17, 15) is 9.59 Å². The lowest BCUT2D eigenvalue weighted by Crippen LogP contribution is -2.36. The molecule has 1 atom stereocenters. The number of ether oxygens (including phenoxy) is 1. The molecule has 0 saturated carbocycles. The largest absolute Gasteiger partial charge is 0.481 e. The van der Waals surface area contributed by atoms with Gasteiger partial charge in [-0.2, -0.15) is 0 Å². The van der Waals surface area contributed by atoms with Crippen molar-refractivity contribution in [2.24, 2.45) is 0 Å². The summed E-state index contributed by atoms with van der Waals surface area (Å²) in [6, 6.07) is 5.22. The molecule has 0 saturated heterocycles. The first-order chi connectivity index (χ1) is 9.90. The van der Waals surface area contributed by atoms with Gasteiger partial charge < -0.3 is 15.2 Å². The molecule has 21 heavy (non-hydrogen) atoms. The van der Waals surface area contributed by atoms with E-state index in [-0.39, 0.29) is 12.3 Å². The second kappa shape index (κ2) is 8.52. The molecule has 1 aromatic rings. The molecular weight excluding hydrogens is 294 g/mol. The summed E-state index contributed by atoms with van der Waals surface area (Å²) in [5, 5.41) is 11.9. The molecule has 6 heteroatoms. The molecule has 0 aliphatic heterocycles. The average molecular weight is 314 g/mol. The third-order valence-electron chi connectivity index (χ3n) is 2.93. The van der Waals surface area contributed by atoms with Crippen molar-refractivity contribution in [2.75, 3.05) is 6.54 Å². The summed E-state index contributed by atoms with van der Waals surface area (Å²) in [7, 11) is 0. The van der Waals surface area contributed by atoms with E-state index in [2.05, 4.69) is 5.32 Å². The van der Waals surface area contributed by atoms with Crippen molar-refractivity contribution in [1.82, 2.24) is 5.32 Å². The van der Waals surface area contributed by atoms with Crippen molar-refractivity contribution in [3.05, 3.63) is 28.8 Å². The SMILES string of the molecule is Cc1cc(OC(C)C(=O)NCCCCC(=O)O)ccc1Cl. The van der Waals surface area contributed by atoms with Crippen molar-refractivity contribution in [2.45, 2.75) is 39.2 Å². The van der Waals surface area contributed by atoms with Crippen LogP contribution in [0, 0.1) is 6.92 Å². The normalized spacial score (nSPS) is 11.8. The molecule has 0 spiro atoms. The van der Waals surface area contributed by atoms with E-state index in [1.165, 1.54) is 0 Å². The number of carboxylic acids is 1. The molecule has 5 nitrogen and oxygen atoms in total. The number of hydrogen-bond acceptors (Lipinski definition) is 3. The van der Waals surface area contributed by atoms with Crippen molar-refractivity contribution < 1.29 is 19.4 Å². The first-order valence-corrected chi connectivity index (χ1v) is 7.20. The number of benzene rings is 1. The van der Waals surface area contributed by atoms with Gasteiger partial charge in [-0.1, -0.05) is 11.6 Å². The molecule has 1 amide bonds. The van der Waals surface area contributed by atoms with E-state index >= 15 is 0 Å². The minimum absolute atomic E-state index is 0.117. The molecule has 2 N–H and O–H groups in total. The van der Waals surface area contributed by atoms with Gasteiger partial charge in [-0.25, -0.2) is 0 Å². The Hall–Kier alpha value is -1.75. The lowest BCUT2D eigenvalue weighted by Gasteiger charge is -2.15. The number of aliphatic carboxylic acids is 1. The predicted octanol–water partition coefficient (Wildman–Crippen LogP) is 2.79. The van der Waals surface area contributed by atoms with E-state index in [4.69, 9.17) is 21.4 Å². The molecule has 1 aromatic carbocycles. The van der Waals surface area contributed by atoms with Crippen LogP contribution in [0.2, 0.25) is 5.02 Å². The third-order valence-corrected chi connectivity index (χ3v) is 3.35. The first-order valence-electron chi connectivity index (χ1n) is 6.82. The molecule has 0 radical (unpaired) electrons. The second-order valence-electron chi connectivity index (χ2n) is 4.81. The second-order valence-corrected chi connectivity index (χ2v) is 5.22. The lowest BCUT2D eigenvalue weighted by molar-refractivity contribution is -0.137. The summed E-state index contributed by atoms with van der Waals surface area (Å²) >= 11 is 5.92. The summed E-state index contributed by atoms with van der Waals surface area (Å²) in [4.78, 5) is 22.2. The van der Waals surface area contributed by atoms with Gasteiger partial charge in [-0.3, -0.25) is 9.59 Å². The number of carboxylic acid groups (broad SMARTS) is 1. The minimum Gasteiger partial charge on any atom is -0.481 e. The van der Waals surface area contributed by atoms with Crippen LogP contribution in [0.3, 0.4) is 0 Å².